The number of hydrogen-bond acceptors (Lipinski definition) is 7. The van der Waals surface area contributed by atoms with Crippen molar-refractivity contribution in [2.45, 2.75) is 6.42 Å². The van der Waals surface area contributed by atoms with Gasteiger partial charge in [0.15, 0.2) is 11.5 Å². The lowest BCUT2D eigenvalue weighted by Crippen LogP contribution is -2.47. The van der Waals surface area contributed by atoms with Gasteiger partial charge in [-0.25, -0.2) is 0 Å². The minimum absolute atomic E-state index is 0.0779. The Morgan fingerprint density at radius 3 is 2.21 bits per heavy atom. The molecule has 0 spiro atoms. The molecule has 0 unspecified atom stereocenters. The molecule has 8 heteroatoms. The summed E-state index contributed by atoms with van der Waals surface area (Å²) in [6.45, 7) is 5.74. The molecule has 1 N–H and O–H groups in total. The van der Waals surface area contributed by atoms with Crippen LogP contribution < -0.4 is 24.4 Å². The number of hydrogen-bond donors (Lipinski definition) is 1. The van der Waals surface area contributed by atoms with E-state index in [1.807, 2.05) is 18.2 Å². The summed E-state index contributed by atoms with van der Waals surface area (Å²) < 4.78 is 16.3. The third-order valence-electron chi connectivity index (χ3n) is 5.93. The van der Waals surface area contributed by atoms with E-state index in [1.54, 1.807) is 46.4 Å². The number of nitrogens with one attached hydrogen (secondary N) is 1. The summed E-state index contributed by atoms with van der Waals surface area (Å²) in [7, 11) is 8.38. The number of piperazine rings is 1. The van der Waals surface area contributed by atoms with E-state index in [-0.39, 0.29) is 5.91 Å². The molecular formula is C25H36N4O4. The molecule has 2 aromatic carbocycles. The zero-order valence-electron chi connectivity index (χ0n) is 20.4. The van der Waals surface area contributed by atoms with E-state index in [9.17, 15) is 4.79 Å². The van der Waals surface area contributed by atoms with Crippen molar-refractivity contribution in [3.05, 3.63) is 42.0 Å². The first-order valence-electron chi connectivity index (χ1n) is 11.3. The van der Waals surface area contributed by atoms with Crippen LogP contribution in [0.25, 0.3) is 0 Å². The van der Waals surface area contributed by atoms with Crippen molar-refractivity contribution in [1.29, 1.82) is 0 Å². The molecule has 1 amide bonds. The molecule has 3 rings (SSSR count). The Hall–Kier alpha value is -3.13. The first-order valence-corrected chi connectivity index (χ1v) is 11.3. The van der Waals surface area contributed by atoms with E-state index in [1.165, 1.54) is 0 Å². The van der Waals surface area contributed by atoms with Gasteiger partial charge in [0.05, 0.1) is 38.3 Å². The smallest absolute Gasteiger partial charge is 0.255 e. The maximum atomic E-state index is 12.7. The van der Waals surface area contributed by atoms with Gasteiger partial charge >= 0.3 is 0 Å². The predicted octanol–water partition coefficient (Wildman–Crippen LogP) is 3.04. The largest absolute Gasteiger partial charge is 0.495 e. The van der Waals surface area contributed by atoms with Gasteiger partial charge in [0.25, 0.3) is 5.91 Å². The molecule has 1 fully saturated rings. The molecule has 0 aliphatic carbocycles. The van der Waals surface area contributed by atoms with Crippen LogP contribution in [0.3, 0.4) is 0 Å². The van der Waals surface area contributed by atoms with E-state index in [0.29, 0.717) is 17.1 Å². The number of rotatable bonds is 10. The monoisotopic (exact) mass is 456 g/mol. The van der Waals surface area contributed by atoms with Gasteiger partial charge in [-0.15, -0.1) is 0 Å². The minimum Gasteiger partial charge on any atom is -0.495 e. The third-order valence-corrected chi connectivity index (χ3v) is 5.93. The maximum Gasteiger partial charge on any atom is 0.255 e. The van der Waals surface area contributed by atoms with E-state index in [4.69, 9.17) is 14.2 Å². The molecule has 1 aliphatic rings. The van der Waals surface area contributed by atoms with Crippen LogP contribution in [0.15, 0.2) is 36.4 Å². The van der Waals surface area contributed by atoms with Gasteiger partial charge in [0.1, 0.15) is 5.75 Å². The number of para-hydroxylation sites is 2. The molecule has 33 heavy (non-hydrogen) atoms. The molecule has 180 valence electrons. The fourth-order valence-corrected chi connectivity index (χ4v) is 4.07. The van der Waals surface area contributed by atoms with E-state index >= 15 is 0 Å². The molecule has 1 saturated heterocycles. The first-order chi connectivity index (χ1) is 16.0. The van der Waals surface area contributed by atoms with Gasteiger partial charge in [-0.3, -0.25) is 9.69 Å². The minimum atomic E-state index is -0.0779. The molecular weight excluding hydrogens is 420 g/mol. The summed E-state index contributed by atoms with van der Waals surface area (Å²) in [5.41, 5.74) is 2.49. The van der Waals surface area contributed by atoms with Crippen molar-refractivity contribution in [3.8, 4) is 17.2 Å². The van der Waals surface area contributed by atoms with Crippen molar-refractivity contribution >= 4 is 17.3 Å². The molecule has 1 aliphatic heterocycles. The third kappa shape index (κ3) is 6.01. The van der Waals surface area contributed by atoms with Gasteiger partial charge in [-0.2, -0.15) is 0 Å². The molecule has 0 saturated carbocycles. The Morgan fingerprint density at radius 1 is 0.939 bits per heavy atom. The molecule has 0 atom stereocenters. The standard InChI is InChI=1S/C25H36N4O4/c1-27(2)25(30)19-17-23(32-4)24(33-5)18-20(19)26-11-8-12-28-13-15-29(16-14-28)21-9-6-7-10-22(21)31-3/h6-7,9-10,17-18,26H,8,11-16H2,1-5H3. The highest BCUT2D eigenvalue weighted by Crippen LogP contribution is 2.34. The molecule has 0 aromatic heterocycles. The summed E-state index contributed by atoms with van der Waals surface area (Å²) in [6.07, 6.45) is 0.971. The van der Waals surface area contributed by atoms with Crippen LogP contribution >= 0.6 is 0 Å². The van der Waals surface area contributed by atoms with Crippen molar-refractivity contribution < 1.29 is 19.0 Å². The number of ether oxygens (including phenoxy) is 3. The lowest BCUT2D eigenvalue weighted by molar-refractivity contribution is 0.0828. The first kappa shape index (κ1) is 24.5. The number of carbonyl (C=O) groups is 1. The Labute approximate surface area is 197 Å². The second-order valence-corrected chi connectivity index (χ2v) is 8.23. The average Bonchev–Trinajstić information content (AvgIpc) is 2.85. The average molecular weight is 457 g/mol. The number of methoxy groups -OCH3 is 3. The lowest BCUT2D eigenvalue weighted by Gasteiger charge is -2.36. The van der Waals surface area contributed by atoms with Crippen molar-refractivity contribution in [1.82, 2.24) is 9.80 Å². The van der Waals surface area contributed by atoms with Gasteiger partial charge in [0.2, 0.25) is 0 Å². The van der Waals surface area contributed by atoms with Crippen LogP contribution in [0.2, 0.25) is 0 Å². The Bertz CT molecular complexity index is 927. The van der Waals surface area contributed by atoms with Gasteiger partial charge in [0, 0.05) is 52.9 Å². The zero-order chi connectivity index (χ0) is 23.8. The van der Waals surface area contributed by atoms with Gasteiger partial charge < -0.3 is 29.3 Å². The summed E-state index contributed by atoms with van der Waals surface area (Å²) in [5.74, 6) is 1.99. The van der Waals surface area contributed by atoms with E-state index < -0.39 is 0 Å². The maximum absolute atomic E-state index is 12.7. The Balaban J connectivity index is 1.53. The fourth-order valence-electron chi connectivity index (χ4n) is 4.07. The normalized spacial score (nSPS) is 14.0. The topological polar surface area (TPSA) is 66.5 Å². The second-order valence-electron chi connectivity index (χ2n) is 8.23. The summed E-state index contributed by atoms with van der Waals surface area (Å²) in [4.78, 5) is 19.1. The van der Waals surface area contributed by atoms with Crippen LogP contribution in [0.1, 0.15) is 16.8 Å². The van der Waals surface area contributed by atoms with Crippen LogP contribution in [-0.4, -0.2) is 90.4 Å². The van der Waals surface area contributed by atoms with Crippen LogP contribution in [0.4, 0.5) is 11.4 Å². The Kier molecular flexibility index (Phi) is 8.65. The van der Waals surface area contributed by atoms with Crippen LogP contribution in [-0.2, 0) is 0 Å². The predicted molar refractivity (Wildman–Crippen MR) is 132 cm³/mol. The summed E-state index contributed by atoms with van der Waals surface area (Å²) in [5, 5.41) is 3.43. The highest BCUT2D eigenvalue weighted by atomic mass is 16.5. The molecule has 1 heterocycles. The highest BCUT2D eigenvalue weighted by Gasteiger charge is 2.20. The van der Waals surface area contributed by atoms with Crippen molar-refractivity contribution in [2.24, 2.45) is 0 Å². The number of amides is 1. The van der Waals surface area contributed by atoms with Crippen molar-refractivity contribution in [2.75, 3.05) is 84.9 Å². The number of nitrogens with zero attached hydrogens (tertiary/aromatic N) is 3. The second kappa shape index (κ2) is 11.7. The number of benzene rings is 2. The highest BCUT2D eigenvalue weighted by molar-refractivity contribution is 6.00. The molecule has 8 nitrogen and oxygen atoms in total. The van der Waals surface area contributed by atoms with Crippen LogP contribution in [0.5, 0.6) is 17.2 Å². The van der Waals surface area contributed by atoms with Crippen LogP contribution in [0, 0.1) is 0 Å². The zero-order valence-corrected chi connectivity index (χ0v) is 20.4. The number of carbonyl (C=O) groups excluding carboxylic acids is 1. The molecule has 0 bridgehead atoms. The lowest BCUT2D eigenvalue weighted by atomic mass is 10.1. The summed E-state index contributed by atoms with van der Waals surface area (Å²) in [6, 6.07) is 11.8. The Morgan fingerprint density at radius 2 is 1.58 bits per heavy atom. The van der Waals surface area contributed by atoms with E-state index in [0.717, 1.165) is 62.8 Å². The molecule has 2 aromatic rings. The van der Waals surface area contributed by atoms with Crippen molar-refractivity contribution in [3.63, 3.8) is 0 Å². The fraction of sp³-hybridized carbons (Fsp3) is 0.480. The molecule has 0 radical (unpaired) electrons. The summed E-state index contributed by atoms with van der Waals surface area (Å²) >= 11 is 0. The van der Waals surface area contributed by atoms with Gasteiger partial charge in [-0.05, 0) is 31.2 Å². The SMILES string of the molecule is COc1cc(NCCCN2CCN(c3ccccc3OC)CC2)c(C(=O)N(C)C)cc1OC. The number of anilines is 2. The van der Waals surface area contributed by atoms with Gasteiger partial charge in [-0.1, -0.05) is 12.1 Å². The quantitative estimate of drug-likeness (QED) is 0.551. The van der Waals surface area contributed by atoms with E-state index in [2.05, 4.69) is 27.2 Å².